The molecule has 0 saturated carbocycles. The molecule has 2 aliphatic rings. The molecule has 0 aromatic heterocycles. The lowest BCUT2D eigenvalue weighted by Gasteiger charge is -2.38. The second-order valence-electron chi connectivity index (χ2n) is 6.26. The van der Waals surface area contributed by atoms with Crippen LogP contribution in [0.5, 0.6) is 0 Å². The molecule has 1 aliphatic carbocycles. The molecule has 1 aromatic carbocycles. The van der Waals surface area contributed by atoms with E-state index in [0.29, 0.717) is 12.1 Å². The molecule has 18 heavy (non-hydrogen) atoms. The third-order valence-corrected chi connectivity index (χ3v) is 4.89. The minimum absolute atomic E-state index is 0.245. The zero-order chi connectivity index (χ0) is 12.8. The summed E-state index contributed by atoms with van der Waals surface area (Å²) in [5, 5.41) is 3.56. The van der Waals surface area contributed by atoms with Gasteiger partial charge in [-0.25, -0.2) is 0 Å². The molecule has 1 N–H and O–H groups in total. The molecule has 1 heterocycles. The lowest BCUT2D eigenvalue weighted by Crippen LogP contribution is -2.48. The van der Waals surface area contributed by atoms with E-state index in [0.717, 1.165) is 0 Å². The standard InChI is InChI=1S/C16H24N2/c1-16(2)13-9-5-4-8-12(13)14(17-3)15(16)18-10-6-7-11-18/h4-5,8-9,14-15,17H,6-7,10-11H2,1-3H3. The molecule has 0 bridgehead atoms. The molecule has 1 aliphatic heterocycles. The maximum atomic E-state index is 3.56. The summed E-state index contributed by atoms with van der Waals surface area (Å²) in [6.07, 6.45) is 2.72. The van der Waals surface area contributed by atoms with Crippen LogP contribution in [0.1, 0.15) is 43.9 Å². The van der Waals surface area contributed by atoms with Crippen LogP contribution in [0.25, 0.3) is 0 Å². The van der Waals surface area contributed by atoms with Gasteiger partial charge in [-0.15, -0.1) is 0 Å². The van der Waals surface area contributed by atoms with Crippen molar-refractivity contribution in [3.63, 3.8) is 0 Å². The Balaban J connectivity index is 2.04. The van der Waals surface area contributed by atoms with Gasteiger partial charge in [0.05, 0.1) is 0 Å². The number of benzene rings is 1. The van der Waals surface area contributed by atoms with E-state index in [1.807, 2.05) is 0 Å². The highest BCUT2D eigenvalue weighted by Gasteiger charge is 2.48. The molecule has 2 heteroatoms. The van der Waals surface area contributed by atoms with Crippen molar-refractivity contribution in [2.24, 2.45) is 0 Å². The van der Waals surface area contributed by atoms with Gasteiger partial charge in [0.15, 0.2) is 0 Å². The fourth-order valence-electron chi connectivity index (χ4n) is 4.10. The van der Waals surface area contributed by atoms with Gasteiger partial charge >= 0.3 is 0 Å². The number of likely N-dealkylation sites (tertiary alicyclic amines) is 1. The summed E-state index contributed by atoms with van der Waals surface area (Å²) in [6, 6.07) is 10.0. The molecule has 1 fully saturated rings. The van der Waals surface area contributed by atoms with E-state index in [-0.39, 0.29) is 5.41 Å². The third-order valence-electron chi connectivity index (χ3n) is 4.89. The molecule has 1 aromatic rings. The van der Waals surface area contributed by atoms with Gasteiger partial charge in [0.2, 0.25) is 0 Å². The van der Waals surface area contributed by atoms with Gasteiger partial charge < -0.3 is 5.32 Å². The molecular weight excluding hydrogens is 220 g/mol. The number of nitrogens with one attached hydrogen (secondary N) is 1. The molecule has 0 radical (unpaired) electrons. The van der Waals surface area contributed by atoms with Crippen molar-refractivity contribution in [1.82, 2.24) is 10.2 Å². The molecule has 2 unspecified atom stereocenters. The smallest absolute Gasteiger partial charge is 0.0487 e. The average Bonchev–Trinajstić information content (AvgIpc) is 2.94. The maximum absolute atomic E-state index is 3.56. The lowest BCUT2D eigenvalue weighted by atomic mass is 9.81. The Bertz CT molecular complexity index is 432. The summed E-state index contributed by atoms with van der Waals surface area (Å²) in [4.78, 5) is 2.70. The Kier molecular flexibility index (Phi) is 2.95. The predicted octanol–water partition coefficient (Wildman–Crippen LogP) is 2.70. The molecule has 1 saturated heterocycles. The van der Waals surface area contributed by atoms with E-state index in [9.17, 15) is 0 Å². The Labute approximate surface area is 110 Å². The fourth-order valence-corrected chi connectivity index (χ4v) is 4.10. The first kappa shape index (κ1) is 12.2. The van der Waals surface area contributed by atoms with Crippen molar-refractivity contribution in [2.45, 2.75) is 44.2 Å². The van der Waals surface area contributed by atoms with Crippen LogP contribution in [-0.2, 0) is 5.41 Å². The number of likely N-dealkylation sites (N-methyl/N-ethyl adjacent to an activating group) is 1. The first-order chi connectivity index (χ1) is 8.66. The fraction of sp³-hybridized carbons (Fsp3) is 0.625. The van der Waals surface area contributed by atoms with Gasteiger partial charge in [0.1, 0.15) is 0 Å². The van der Waals surface area contributed by atoms with E-state index in [1.54, 1.807) is 0 Å². The average molecular weight is 244 g/mol. The van der Waals surface area contributed by atoms with Gasteiger partial charge in [-0.3, -0.25) is 4.90 Å². The van der Waals surface area contributed by atoms with Gasteiger partial charge in [-0.05, 0) is 44.1 Å². The van der Waals surface area contributed by atoms with Crippen LogP contribution in [0.3, 0.4) is 0 Å². The van der Waals surface area contributed by atoms with Crippen LogP contribution in [0.15, 0.2) is 24.3 Å². The molecule has 2 atom stereocenters. The van der Waals surface area contributed by atoms with Gasteiger partial charge in [0, 0.05) is 17.5 Å². The summed E-state index contributed by atoms with van der Waals surface area (Å²) < 4.78 is 0. The van der Waals surface area contributed by atoms with E-state index in [2.05, 4.69) is 55.4 Å². The van der Waals surface area contributed by atoms with Crippen molar-refractivity contribution in [1.29, 1.82) is 0 Å². The molecular formula is C16H24N2. The Morgan fingerprint density at radius 3 is 2.50 bits per heavy atom. The molecule has 3 rings (SSSR count). The van der Waals surface area contributed by atoms with Crippen molar-refractivity contribution < 1.29 is 0 Å². The highest BCUT2D eigenvalue weighted by Crippen LogP contribution is 2.47. The van der Waals surface area contributed by atoms with Gasteiger partial charge in [0.25, 0.3) is 0 Å². The summed E-state index contributed by atoms with van der Waals surface area (Å²) >= 11 is 0. The number of rotatable bonds is 2. The molecule has 0 spiro atoms. The molecule has 0 amide bonds. The molecule has 2 nitrogen and oxygen atoms in total. The van der Waals surface area contributed by atoms with Crippen LogP contribution < -0.4 is 5.32 Å². The van der Waals surface area contributed by atoms with Crippen LogP contribution in [0.4, 0.5) is 0 Å². The lowest BCUT2D eigenvalue weighted by molar-refractivity contribution is 0.144. The van der Waals surface area contributed by atoms with E-state index >= 15 is 0 Å². The van der Waals surface area contributed by atoms with E-state index in [4.69, 9.17) is 0 Å². The van der Waals surface area contributed by atoms with Crippen molar-refractivity contribution >= 4 is 0 Å². The SMILES string of the molecule is CNC1c2ccccc2C(C)(C)C1N1CCCC1. The van der Waals surface area contributed by atoms with Crippen LogP contribution in [0.2, 0.25) is 0 Å². The normalized spacial score (nSPS) is 30.6. The van der Waals surface area contributed by atoms with Crippen molar-refractivity contribution in [3.05, 3.63) is 35.4 Å². The van der Waals surface area contributed by atoms with E-state index in [1.165, 1.54) is 37.1 Å². The summed E-state index contributed by atoms with van der Waals surface area (Å²) in [5.41, 5.74) is 3.28. The van der Waals surface area contributed by atoms with Gasteiger partial charge in [-0.2, -0.15) is 0 Å². The number of hydrogen-bond acceptors (Lipinski definition) is 2. The quantitative estimate of drug-likeness (QED) is 0.860. The molecule has 98 valence electrons. The van der Waals surface area contributed by atoms with Crippen LogP contribution in [-0.4, -0.2) is 31.1 Å². The zero-order valence-corrected chi connectivity index (χ0v) is 11.7. The Morgan fingerprint density at radius 1 is 1.17 bits per heavy atom. The zero-order valence-electron chi connectivity index (χ0n) is 11.7. The van der Waals surface area contributed by atoms with Crippen molar-refractivity contribution in [3.8, 4) is 0 Å². The minimum atomic E-state index is 0.245. The highest BCUT2D eigenvalue weighted by molar-refractivity contribution is 5.44. The second kappa shape index (κ2) is 4.36. The van der Waals surface area contributed by atoms with Crippen LogP contribution in [0, 0.1) is 0 Å². The minimum Gasteiger partial charge on any atom is -0.312 e. The van der Waals surface area contributed by atoms with Gasteiger partial charge in [-0.1, -0.05) is 38.1 Å². The second-order valence-corrected chi connectivity index (χ2v) is 6.26. The predicted molar refractivity (Wildman–Crippen MR) is 75.9 cm³/mol. The Hall–Kier alpha value is -0.860. The topological polar surface area (TPSA) is 15.3 Å². The largest absolute Gasteiger partial charge is 0.312 e. The summed E-state index contributed by atoms with van der Waals surface area (Å²) in [6.45, 7) is 7.35. The third kappa shape index (κ3) is 1.63. The summed E-state index contributed by atoms with van der Waals surface area (Å²) in [7, 11) is 2.10. The van der Waals surface area contributed by atoms with Crippen molar-refractivity contribution in [2.75, 3.05) is 20.1 Å². The number of fused-ring (bicyclic) bond motifs is 1. The first-order valence-electron chi connectivity index (χ1n) is 7.17. The Morgan fingerprint density at radius 2 is 1.83 bits per heavy atom. The van der Waals surface area contributed by atoms with E-state index < -0.39 is 0 Å². The van der Waals surface area contributed by atoms with Crippen LogP contribution >= 0.6 is 0 Å². The summed E-state index contributed by atoms with van der Waals surface area (Å²) in [5.74, 6) is 0. The first-order valence-corrected chi connectivity index (χ1v) is 7.17. The number of hydrogen-bond donors (Lipinski definition) is 1. The number of nitrogens with zero attached hydrogens (tertiary/aromatic N) is 1. The maximum Gasteiger partial charge on any atom is 0.0487 e. The monoisotopic (exact) mass is 244 g/mol. The highest BCUT2D eigenvalue weighted by atomic mass is 15.2.